The average molecular weight is 243 g/mol. The van der Waals surface area contributed by atoms with E-state index in [0.717, 1.165) is 25.7 Å². The predicted octanol–water partition coefficient (Wildman–Crippen LogP) is 1.68. The number of carbonyl (C=O) groups is 1. The first kappa shape index (κ1) is 13.2. The zero-order valence-corrected chi connectivity index (χ0v) is 10.7. The molecular weight excluding hydrogens is 222 g/mol. The number of hydrogen-bond donors (Lipinski definition) is 3. The average Bonchev–Trinajstić information content (AvgIpc) is 2.21. The molecule has 92 valence electrons. The number of urea groups is 1. The Bertz CT molecular complexity index is 260. The van der Waals surface area contributed by atoms with Gasteiger partial charge in [-0.25, -0.2) is 4.79 Å². The Kier molecular flexibility index (Phi) is 4.99. The summed E-state index contributed by atoms with van der Waals surface area (Å²) in [5, 5.41) is 5.50. The van der Waals surface area contributed by atoms with Crippen LogP contribution in [0.2, 0.25) is 0 Å². The molecule has 0 radical (unpaired) electrons. The van der Waals surface area contributed by atoms with Crippen LogP contribution < -0.4 is 16.4 Å². The molecule has 0 bridgehead atoms. The molecule has 1 saturated carbocycles. The lowest BCUT2D eigenvalue weighted by Crippen LogP contribution is -2.58. The fourth-order valence-corrected chi connectivity index (χ4v) is 2.48. The van der Waals surface area contributed by atoms with Crippen LogP contribution in [-0.4, -0.2) is 23.6 Å². The lowest BCUT2D eigenvalue weighted by Gasteiger charge is -2.35. The Labute approximate surface area is 102 Å². The van der Waals surface area contributed by atoms with Crippen LogP contribution in [0, 0.1) is 0 Å². The second-order valence-corrected chi connectivity index (χ2v) is 4.86. The molecule has 0 aliphatic heterocycles. The minimum Gasteiger partial charge on any atom is -0.391 e. The van der Waals surface area contributed by atoms with Crippen LogP contribution in [-0.2, 0) is 0 Å². The topological polar surface area (TPSA) is 67.2 Å². The van der Waals surface area contributed by atoms with Crippen molar-refractivity contribution in [1.82, 2.24) is 10.6 Å². The molecule has 0 heterocycles. The maximum Gasteiger partial charge on any atom is 0.315 e. The van der Waals surface area contributed by atoms with Crippen LogP contribution in [0.15, 0.2) is 0 Å². The van der Waals surface area contributed by atoms with E-state index < -0.39 is 5.54 Å². The summed E-state index contributed by atoms with van der Waals surface area (Å²) in [6.45, 7) is 0. The summed E-state index contributed by atoms with van der Waals surface area (Å²) < 4.78 is 0. The number of carbonyl (C=O) groups excluding carboxylic acids is 1. The van der Waals surface area contributed by atoms with Gasteiger partial charge in [0.15, 0.2) is 0 Å². The van der Waals surface area contributed by atoms with Crippen LogP contribution in [0.1, 0.15) is 44.9 Å². The summed E-state index contributed by atoms with van der Waals surface area (Å²) in [4.78, 5) is 11.9. The molecule has 2 amide bonds. The molecule has 5 heteroatoms. The molecule has 1 aliphatic rings. The molecule has 4 nitrogen and oxygen atoms in total. The van der Waals surface area contributed by atoms with E-state index >= 15 is 0 Å². The summed E-state index contributed by atoms with van der Waals surface area (Å²) in [5.41, 5.74) is 5.34. The number of nitrogens with two attached hydrogens (primary N) is 1. The lowest BCUT2D eigenvalue weighted by molar-refractivity contribution is 0.229. The molecule has 1 rings (SSSR count). The van der Waals surface area contributed by atoms with E-state index in [1.807, 2.05) is 0 Å². The Morgan fingerprint density at radius 2 is 1.69 bits per heavy atom. The monoisotopic (exact) mass is 243 g/mol. The van der Waals surface area contributed by atoms with Crippen LogP contribution in [0.3, 0.4) is 0 Å². The van der Waals surface area contributed by atoms with Gasteiger partial charge in [-0.3, -0.25) is 0 Å². The van der Waals surface area contributed by atoms with Crippen molar-refractivity contribution in [2.75, 3.05) is 7.05 Å². The molecule has 0 spiro atoms. The first-order valence-corrected chi connectivity index (χ1v) is 6.31. The smallest absolute Gasteiger partial charge is 0.315 e. The van der Waals surface area contributed by atoms with Gasteiger partial charge in [0, 0.05) is 7.05 Å². The Morgan fingerprint density at radius 3 is 2.12 bits per heavy atom. The molecule has 0 aromatic carbocycles. The van der Waals surface area contributed by atoms with Crippen molar-refractivity contribution in [3.8, 4) is 0 Å². The summed E-state index contributed by atoms with van der Waals surface area (Å²) in [6, 6.07) is -0.201. The second-order valence-electron chi connectivity index (χ2n) is 4.42. The van der Waals surface area contributed by atoms with Gasteiger partial charge in [0.25, 0.3) is 0 Å². The number of thiocarbonyl (C=S) groups is 1. The maximum absolute atomic E-state index is 11.5. The SMILES string of the molecule is CNC(=O)NC1(C(N)=S)CCCCCCC1. The third-order valence-electron chi connectivity index (χ3n) is 3.26. The van der Waals surface area contributed by atoms with Crippen LogP contribution in [0.4, 0.5) is 4.79 Å². The van der Waals surface area contributed by atoms with Gasteiger partial charge < -0.3 is 16.4 Å². The van der Waals surface area contributed by atoms with E-state index in [4.69, 9.17) is 18.0 Å². The van der Waals surface area contributed by atoms with Gasteiger partial charge in [0.2, 0.25) is 0 Å². The molecule has 16 heavy (non-hydrogen) atoms. The number of hydrogen-bond acceptors (Lipinski definition) is 2. The third-order valence-corrected chi connectivity index (χ3v) is 3.65. The van der Waals surface area contributed by atoms with E-state index in [9.17, 15) is 4.79 Å². The summed E-state index contributed by atoms with van der Waals surface area (Å²) in [6.07, 6.45) is 7.52. The highest BCUT2D eigenvalue weighted by atomic mass is 32.1. The van der Waals surface area contributed by atoms with Crippen molar-refractivity contribution in [3.63, 3.8) is 0 Å². The molecular formula is C11H21N3OS. The van der Waals surface area contributed by atoms with E-state index in [0.29, 0.717) is 4.99 Å². The molecule has 0 saturated heterocycles. The van der Waals surface area contributed by atoms with Crippen molar-refractivity contribution in [3.05, 3.63) is 0 Å². The standard InChI is InChI=1S/C11H21N3OS/c1-13-10(15)14-11(9(12)16)7-5-3-2-4-6-8-11/h2-8H2,1H3,(H2,12,16)(H2,13,14,15). The molecule has 0 atom stereocenters. The highest BCUT2D eigenvalue weighted by molar-refractivity contribution is 7.80. The van der Waals surface area contributed by atoms with Gasteiger partial charge in [0.1, 0.15) is 0 Å². The van der Waals surface area contributed by atoms with E-state index in [2.05, 4.69) is 10.6 Å². The molecule has 4 N–H and O–H groups in total. The van der Waals surface area contributed by atoms with Gasteiger partial charge in [-0.1, -0.05) is 44.3 Å². The van der Waals surface area contributed by atoms with Crippen LogP contribution >= 0.6 is 12.2 Å². The highest BCUT2D eigenvalue weighted by Gasteiger charge is 2.34. The fourth-order valence-electron chi connectivity index (χ4n) is 2.22. The van der Waals surface area contributed by atoms with Crippen molar-refractivity contribution >= 4 is 23.2 Å². The zero-order valence-electron chi connectivity index (χ0n) is 9.84. The van der Waals surface area contributed by atoms with Gasteiger partial charge >= 0.3 is 6.03 Å². The summed E-state index contributed by atoms with van der Waals surface area (Å²) >= 11 is 5.13. The van der Waals surface area contributed by atoms with Gasteiger partial charge in [0.05, 0.1) is 10.5 Å². The highest BCUT2D eigenvalue weighted by Crippen LogP contribution is 2.26. The number of rotatable bonds is 2. The first-order chi connectivity index (χ1) is 7.60. The molecule has 0 aromatic heterocycles. The van der Waals surface area contributed by atoms with Gasteiger partial charge in [-0.05, 0) is 12.8 Å². The quantitative estimate of drug-likeness (QED) is 0.646. The van der Waals surface area contributed by atoms with Crippen molar-refractivity contribution in [2.24, 2.45) is 5.73 Å². The lowest BCUT2D eigenvalue weighted by atomic mass is 9.84. The van der Waals surface area contributed by atoms with Crippen molar-refractivity contribution < 1.29 is 4.79 Å². The first-order valence-electron chi connectivity index (χ1n) is 5.90. The summed E-state index contributed by atoms with van der Waals surface area (Å²) in [7, 11) is 1.60. The Morgan fingerprint density at radius 1 is 1.19 bits per heavy atom. The molecule has 0 unspecified atom stereocenters. The summed E-state index contributed by atoms with van der Waals surface area (Å²) in [5.74, 6) is 0. The minimum atomic E-state index is -0.476. The molecule has 1 aliphatic carbocycles. The Balaban J connectivity index is 2.75. The van der Waals surface area contributed by atoms with Crippen LogP contribution in [0.5, 0.6) is 0 Å². The second kappa shape index (κ2) is 6.03. The zero-order chi connectivity index (χ0) is 12.0. The fraction of sp³-hybridized carbons (Fsp3) is 0.818. The maximum atomic E-state index is 11.5. The number of nitrogens with one attached hydrogen (secondary N) is 2. The number of amides is 2. The van der Waals surface area contributed by atoms with Gasteiger partial charge in [-0.15, -0.1) is 0 Å². The molecule has 1 fully saturated rings. The largest absolute Gasteiger partial charge is 0.391 e. The minimum absolute atomic E-state index is 0.201. The van der Waals surface area contributed by atoms with Gasteiger partial charge in [-0.2, -0.15) is 0 Å². The normalized spacial score (nSPS) is 20.3. The van der Waals surface area contributed by atoms with E-state index in [-0.39, 0.29) is 6.03 Å². The van der Waals surface area contributed by atoms with E-state index in [1.165, 1.54) is 19.3 Å². The Hall–Kier alpha value is -0.840. The van der Waals surface area contributed by atoms with Crippen molar-refractivity contribution in [1.29, 1.82) is 0 Å². The van der Waals surface area contributed by atoms with Crippen LogP contribution in [0.25, 0.3) is 0 Å². The van der Waals surface area contributed by atoms with E-state index in [1.54, 1.807) is 7.05 Å². The predicted molar refractivity (Wildman–Crippen MR) is 69.4 cm³/mol. The van der Waals surface area contributed by atoms with Crippen molar-refractivity contribution in [2.45, 2.75) is 50.5 Å². The molecule has 0 aromatic rings. The third kappa shape index (κ3) is 3.33.